The largest absolute Gasteiger partial charge is 0.497 e. The summed E-state index contributed by atoms with van der Waals surface area (Å²) in [5.41, 5.74) is 0.812. The normalized spacial score (nSPS) is 11.0. The quantitative estimate of drug-likeness (QED) is 0.506. The van der Waals surface area contributed by atoms with Crippen molar-refractivity contribution < 1.29 is 14.1 Å². The van der Waals surface area contributed by atoms with Crippen LogP contribution >= 0.6 is 11.3 Å². The zero-order valence-corrected chi connectivity index (χ0v) is 17.8. The fourth-order valence-corrected chi connectivity index (χ4v) is 3.73. The van der Waals surface area contributed by atoms with Gasteiger partial charge in [0, 0.05) is 12.1 Å². The van der Waals surface area contributed by atoms with Gasteiger partial charge in [0.2, 0.25) is 5.82 Å². The van der Waals surface area contributed by atoms with Gasteiger partial charge >= 0.3 is 0 Å². The number of amides is 1. The summed E-state index contributed by atoms with van der Waals surface area (Å²) < 4.78 is 10.5. The van der Waals surface area contributed by atoms with Crippen molar-refractivity contribution in [2.75, 3.05) is 33.3 Å². The Bertz CT molecular complexity index is 916. The van der Waals surface area contributed by atoms with E-state index in [1.54, 1.807) is 13.2 Å². The van der Waals surface area contributed by atoms with Crippen LogP contribution in [0.25, 0.3) is 22.2 Å². The third-order valence-electron chi connectivity index (χ3n) is 4.64. The molecule has 0 aliphatic carbocycles. The van der Waals surface area contributed by atoms with Gasteiger partial charge in [-0.05, 0) is 62.5 Å². The van der Waals surface area contributed by atoms with Crippen LogP contribution < -0.4 is 10.1 Å². The van der Waals surface area contributed by atoms with E-state index in [0.29, 0.717) is 23.1 Å². The lowest BCUT2D eigenvalue weighted by Crippen LogP contribution is -2.29. The second-order valence-corrected chi connectivity index (χ2v) is 7.54. The van der Waals surface area contributed by atoms with Crippen molar-refractivity contribution in [3.05, 3.63) is 41.3 Å². The standard InChI is InChI=1S/C21H26N4O3S/c1-4-25(5-2)14-6-13-22-20(26)18-12-11-17(29-18)19-23-21(28-24-19)15-7-9-16(27-3)10-8-15/h7-12H,4-6,13-14H2,1-3H3,(H,22,26). The first-order valence-corrected chi connectivity index (χ1v) is 10.5. The number of carbonyl (C=O) groups excluding carboxylic acids is 1. The molecule has 0 aliphatic heterocycles. The Morgan fingerprint density at radius 2 is 1.93 bits per heavy atom. The molecule has 3 rings (SSSR count). The number of ether oxygens (including phenoxy) is 1. The predicted molar refractivity (Wildman–Crippen MR) is 114 cm³/mol. The molecule has 29 heavy (non-hydrogen) atoms. The van der Waals surface area contributed by atoms with Gasteiger partial charge in [-0.2, -0.15) is 4.98 Å². The molecular weight excluding hydrogens is 388 g/mol. The maximum atomic E-state index is 12.4. The van der Waals surface area contributed by atoms with Crippen molar-refractivity contribution in [1.82, 2.24) is 20.4 Å². The molecule has 2 heterocycles. The molecular formula is C21H26N4O3S. The molecule has 1 N–H and O–H groups in total. The number of nitrogens with one attached hydrogen (secondary N) is 1. The molecule has 0 spiro atoms. The summed E-state index contributed by atoms with van der Waals surface area (Å²) >= 11 is 1.35. The van der Waals surface area contributed by atoms with Gasteiger partial charge in [0.25, 0.3) is 11.8 Å². The second kappa shape index (κ2) is 10.2. The Morgan fingerprint density at radius 3 is 2.62 bits per heavy atom. The van der Waals surface area contributed by atoms with Crippen LogP contribution in [0.3, 0.4) is 0 Å². The average molecular weight is 415 g/mol. The number of methoxy groups -OCH3 is 1. The highest BCUT2D eigenvalue weighted by Crippen LogP contribution is 2.28. The number of rotatable bonds is 10. The van der Waals surface area contributed by atoms with Gasteiger partial charge in [-0.25, -0.2) is 0 Å². The number of hydrogen-bond acceptors (Lipinski definition) is 7. The second-order valence-electron chi connectivity index (χ2n) is 6.45. The van der Waals surface area contributed by atoms with Gasteiger partial charge in [0.05, 0.1) is 16.9 Å². The van der Waals surface area contributed by atoms with Crippen molar-refractivity contribution >= 4 is 17.2 Å². The summed E-state index contributed by atoms with van der Waals surface area (Å²) in [7, 11) is 1.62. The summed E-state index contributed by atoms with van der Waals surface area (Å²) in [6.07, 6.45) is 0.932. The van der Waals surface area contributed by atoms with Crippen molar-refractivity contribution in [3.8, 4) is 27.9 Å². The highest BCUT2D eigenvalue weighted by molar-refractivity contribution is 7.17. The highest BCUT2D eigenvalue weighted by atomic mass is 32.1. The minimum Gasteiger partial charge on any atom is -0.497 e. The first-order chi connectivity index (χ1) is 14.1. The Labute approximate surface area is 174 Å². The Kier molecular flexibility index (Phi) is 7.37. The molecule has 0 unspecified atom stereocenters. The van der Waals surface area contributed by atoms with E-state index in [9.17, 15) is 4.79 Å². The lowest BCUT2D eigenvalue weighted by Gasteiger charge is -2.17. The van der Waals surface area contributed by atoms with Crippen LogP contribution in [0.2, 0.25) is 0 Å². The van der Waals surface area contributed by atoms with Crippen molar-refractivity contribution in [2.24, 2.45) is 0 Å². The zero-order chi connectivity index (χ0) is 20.6. The molecule has 1 amide bonds. The smallest absolute Gasteiger partial charge is 0.261 e. The van der Waals surface area contributed by atoms with Crippen LogP contribution in [-0.2, 0) is 0 Å². The van der Waals surface area contributed by atoms with Crippen LogP contribution in [-0.4, -0.2) is 54.2 Å². The van der Waals surface area contributed by atoms with Gasteiger partial charge in [-0.3, -0.25) is 4.79 Å². The van der Waals surface area contributed by atoms with E-state index in [2.05, 4.69) is 34.2 Å². The third-order valence-corrected chi connectivity index (χ3v) is 5.72. The number of thiophene rings is 1. The number of nitrogens with zero attached hydrogens (tertiary/aromatic N) is 3. The molecule has 7 nitrogen and oxygen atoms in total. The summed E-state index contributed by atoms with van der Waals surface area (Å²) in [4.78, 5) is 20.6. The molecule has 0 atom stereocenters. The van der Waals surface area contributed by atoms with E-state index in [-0.39, 0.29) is 5.91 Å². The number of benzene rings is 1. The first kappa shape index (κ1) is 21.0. The fourth-order valence-electron chi connectivity index (χ4n) is 2.89. The Morgan fingerprint density at radius 1 is 1.17 bits per heavy atom. The number of hydrogen-bond donors (Lipinski definition) is 1. The molecule has 3 aromatic rings. The molecule has 0 bridgehead atoms. The lowest BCUT2D eigenvalue weighted by atomic mass is 10.2. The molecule has 0 radical (unpaired) electrons. The van der Waals surface area contributed by atoms with Crippen LogP contribution in [0.5, 0.6) is 5.75 Å². The summed E-state index contributed by atoms with van der Waals surface area (Å²) in [6, 6.07) is 11.0. The van der Waals surface area contributed by atoms with E-state index in [1.165, 1.54) is 11.3 Å². The van der Waals surface area contributed by atoms with E-state index >= 15 is 0 Å². The maximum Gasteiger partial charge on any atom is 0.261 e. The first-order valence-electron chi connectivity index (χ1n) is 9.73. The summed E-state index contributed by atoms with van der Waals surface area (Å²) in [6.45, 7) is 8.00. The van der Waals surface area contributed by atoms with E-state index in [0.717, 1.165) is 42.2 Å². The van der Waals surface area contributed by atoms with Crippen molar-refractivity contribution in [1.29, 1.82) is 0 Å². The molecule has 2 aromatic heterocycles. The number of carbonyl (C=O) groups is 1. The van der Waals surface area contributed by atoms with Crippen LogP contribution in [0.4, 0.5) is 0 Å². The minimum atomic E-state index is -0.0698. The van der Waals surface area contributed by atoms with E-state index in [4.69, 9.17) is 9.26 Å². The Balaban J connectivity index is 1.58. The molecule has 8 heteroatoms. The van der Waals surface area contributed by atoms with Crippen molar-refractivity contribution in [2.45, 2.75) is 20.3 Å². The van der Waals surface area contributed by atoms with Gasteiger partial charge in [0.15, 0.2) is 0 Å². The highest BCUT2D eigenvalue weighted by Gasteiger charge is 2.15. The topological polar surface area (TPSA) is 80.5 Å². The van der Waals surface area contributed by atoms with Gasteiger partial charge < -0.3 is 19.5 Å². The minimum absolute atomic E-state index is 0.0698. The zero-order valence-electron chi connectivity index (χ0n) is 17.0. The predicted octanol–water partition coefficient (Wildman–Crippen LogP) is 3.94. The average Bonchev–Trinajstić information content (AvgIpc) is 3.43. The van der Waals surface area contributed by atoms with Gasteiger partial charge in [-0.1, -0.05) is 19.0 Å². The van der Waals surface area contributed by atoms with Crippen molar-refractivity contribution in [3.63, 3.8) is 0 Å². The Hall–Kier alpha value is -2.71. The summed E-state index contributed by atoms with van der Waals surface area (Å²) in [5.74, 6) is 1.60. The third kappa shape index (κ3) is 5.42. The molecule has 0 fully saturated rings. The van der Waals surface area contributed by atoms with Gasteiger partial charge in [-0.15, -0.1) is 11.3 Å². The monoisotopic (exact) mass is 414 g/mol. The van der Waals surface area contributed by atoms with E-state index in [1.807, 2.05) is 30.3 Å². The SMILES string of the molecule is CCN(CC)CCCNC(=O)c1ccc(-c2noc(-c3ccc(OC)cc3)n2)s1. The maximum absolute atomic E-state index is 12.4. The van der Waals surface area contributed by atoms with Crippen LogP contribution in [0.1, 0.15) is 29.9 Å². The lowest BCUT2D eigenvalue weighted by molar-refractivity contribution is 0.0956. The fraction of sp³-hybridized carbons (Fsp3) is 0.381. The molecule has 0 saturated carbocycles. The van der Waals surface area contributed by atoms with E-state index < -0.39 is 0 Å². The molecule has 0 saturated heterocycles. The molecule has 1 aromatic carbocycles. The van der Waals surface area contributed by atoms with Gasteiger partial charge in [0.1, 0.15) is 5.75 Å². The van der Waals surface area contributed by atoms with Crippen LogP contribution in [0, 0.1) is 0 Å². The summed E-state index contributed by atoms with van der Waals surface area (Å²) in [5, 5.41) is 7.03. The molecule has 0 aliphatic rings. The molecule has 154 valence electrons. The van der Waals surface area contributed by atoms with Crippen LogP contribution in [0.15, 0.2) is 40.9 Å². The number of aromatic nitrogens is 2.